The van der Waals surface area contributed by atoms with Crippen molar-refractivity contribution in [3.8, 4) is 0 Å². The van der Waals surface area contributed by atoms with Crippen molar-refractivity contribution in [3.05, 3.63) is 76.8 Å². The normalized spacial score (nSPS) is 12.3. The van der Waals surface area contributed by atoms with E-state index in [4.69, 9.17) is 0 Å². The summed E-state index contributed by atoms with van der Waals surface area (Å²) >= 11 is 0.992. The summed E-state index contributed by atoms with van der Waals surface area (Å²) in [6, 6.07) is 9.33. The second-order valence-electron chi connectivity index (χ2n) is 7.64. The predicted molar refractivity (Wildman–Crippen MR) is 110 cm³/mol. The Hall–Kier alpha value is -3.20. The number of carbonyl (C=O) groups is 2. The van der Waals surface area contributed by atoms with E-state index in [1.807, 2.05) is 0 Å². The Bertz CT molecular complexity index is 1020. The van der Waals surface area contributed by atoms with E-state index in [1.54, 1.807) is 20.8 Å². The van der Waals surface area contributed by atoms with Gasteiger partial charge in [-0.25, -0.2) is 8.78 Å². The van der Waals surface area contributed by atoms with Gasteiger partial charge in [-0.05, 0) is 74.3 Å². The number of nitrogens with one attached hydrogen (secondary N) is 1. The number of carbonyl (C=O) groups excluding carboxylic acids is 2. The molecule has 0 bridgehead atoms. The van der Waals surface area contributed by atoms with E-state index >= 15 is 0 Å². The fourth-order valence-corrected chi connectivity index (χ4v) is 3.30. The van der Waals surface area contributed by atoms with Gasteiger partial charge in [0.25, 0.3) is 5.91 Å². The molecular weight excluding hydrogens is 410 g/mol. The van der Waals surface area contributed by atoms with Gasteiger partial charge in [0.05, 0.1) is 0 Å². The molecule has 2 aromatic carbocycles. The van der Waals surface area contributed by atoms with Crippen molar-refractivity contribution in [2.75, 3.05) is 4.90 Å². The van der Waals surface area contributed by atoms with Crippen LogP contribution in [0.15, 0.2) is 53.9 Å². The lowest BCUT2D eigenvalue weighted by atomic mass is 10.0. The van der Waals surface area contributed by atoms with Gasteiger partial charge < -0.3 is 5.32 Å². The molecule has 156 valence electrons. The Morgan fingerprint density at radius 3 is 2.07 bits per heavy atom. The fourth-order valence-electron chi connectivity index (χ4n) is 2.87. The van der Waals surface area contributed by atoms with Gasteiger partial charge in [-0.15, -0.1) is 5.10 Å². The van der Waals surface area contributed by atoms with Gasteiger partial charge in [0.15, 0.2) is 5.69 Å². The van der Waals surface area contributed by atoms with Crippen LogP contribution in [0.5, 0.6) is 0 Å². The van der Waals surface area contributed by atoms with Crippen LogP contribution in [0.1, 0.15) is 42.9 Å². The lowest BCUT2D eigenvalue weighted by molar-refractivity contribution is -0.123. The zero-order valence-corrected chi connectivity index (χ0v) is 17.4. The summed E-state index contributed by atoms with van der Waals surface area (Å²) < 4.78 is 30.8. The van der Waals surface area contributed by atoms with E-state index in [-0.39, 0.29) is 11.4 Å². The monoisotopic (exact) mass is 430 g/mol. The summed E-state index contributed by atoms with van der Waals surface area (Å²) in [7, 11) is 0. The lowest BCUT2D eigenvalue weighted by Crippen LogP contribution is -2.49. The molecule has 0 fully saturated rings. The van der Waals surface area contributed by atoms with E-state index < -0.39 is 35.0 Å². The SMILES string of the molecule is CC(C)(C)NC(=O)[C@H](c1ccc(F)cc1)N(C(=O)c1csnn1)c1ccc(F)cc1. The first-order valence-electron chi connectivity index (χ1n) is 9.09. The highest BCUT2D eigenvalue weighted by Crippen LogP contribution is 2.30. The molecule has 0 unspecified atom stereocenters. The third-order valence-corrected chi connectivity index (χ3v) is 4.60. The molecule has 0 saturated carbocycles. The Kier molecular flexibility index (Phi) is 6.21. The van der Waals surface area contributed by atoms with E-state index in [0.29, 0.717) is 5.56 Å². The molecule has 1 heterocycles. The summed E-state index contributed by atoms with van der Waals surface area (Å²) in [6.45, 7) is 5.42. The van der Waals surface area contributed by atoms with Crippen molar-refractivity contribution in [2.24, 2.45) is 0 Å². The zero-order valence-electron chi connectivity index (χ0n) is 16.6. The maximum Gasteiger partial charge on any atom is 0.280 e. The average Bonchev–Trinajstić information content (AvgIpc) is 3.21. The Morgan fingerprint density at radius 1 is 1.00 bits per heavy atom. The van der Waals surface area contributed by atoms with E-state index in [9.17, 15) is 18.4 Å². The summed E-state index contributed by atoms with van der Waals surface area (Å²) in [6.07, 6.45) is 0. The van der Waals surface area contributed by atoms with Crippen molar-refractivity contribution in [2.45, 2.75) is 32.4 Å². The maximum atomic E-state index is 13.5. The molecule has 0 radical (unpaired) electrons. The van der Waals surface area contributed by atoms with Crippen LogP contribution in [0, 0.1) is 11.6 Å². The molecule has 0 saturated heterocycles. The first kappa shape index (κ1) is 21.5. The van der Waals surface area contributed by atoms with Crippen molar-refractivity contribution >= 4 is 29.0 Å². The van der Waals surface area contributed by atoms with Gasteiger partial charge in [0.2, 0.25) is 5.91 Å². The molecule has 0 aliphatic heterocycles. The minimum absolute atomic E-state index is 0.0417. The van der Waals surface area contributed by atoms with Crippen LogP contribution in [0.3, 0.4) is 0 Å². The molecule has 0 aliphatic carbocycles. The summed E-state index contributed by atoms with van der Waals surface area (Å²) in [5.41, 5.74) is 0.126. The summed E-state index contributed by atoms with van der Waals surface area (Å²) in [5.74, 6) is -2.03. The second kappa shape index (κ2) is 8.66. The van der Waals surface area contributed by atoms with Crippen LogP contribution < -0.4 is 10.2 Å². The van der Waals surface area contributed by atoms with Gasteiger partial charge in [-0.1, -0.05) is 16.6 Å². The average molecular weight is 430 g/mol. The zero-order chi connectivity index (χ0) is 21.9. The highest BCUT2D eigenvalue weighted by Gasteiger charge is 2.35. The highest BCUT2D eigenvalue weighted by atomic mass is 32.1. The van der Waals surface area contributed by atoms with Crippen molar-refractivity contribution < 1.29 is 18.4 Å². The minimum Gasteiger partial charge on any atom is -0.349 e. The van der Waals surface area contributed by atoms with Crippen LogP contribution >= 0.6 is 11.5 Å². The summed E-state index contributed by atoms with van der Waals surface area (Å²) in [5, 5.41) is 8.14. The molecular formula is C21H20F2N4O2S. The van der Waals surface area contributed by atoms with Crippen molar-refractivity contribution in [1.29, 1.82) is 0 Å². The van der Waals surface area contributed by atoms with Crippen molar-refractivity contribution in [1.82, 2.24) is 14.9 Å². The quantitative estimate of drug-likeness (QED) is 0.661. The molecule has 2 amide bonds. The van der Waals surface area contributed by atoms with Crippen LogP contribution in [-0.4, -0.2) is 26.9 Å². The second-order valence-corrected chi connectivity index (χ2v) is 8.24. The van der Waals surface area contributed by atoms with E-state index in [0.717, 1.165) is 11.5 Å². The molecule has 30 heavy (non-hydrogen) atoms. The van der Waals surface area contributed by atoms with Gasteiger partial charge in [0, 0.05) is 16.6 Å². The third kappa shape index (κ3) is 5.04. The number of benzene rings is 2. The first-order valence-corrected chi connectivity index (χ1v) is 9.93. The molecule has 1 aromatic heterocycles. The number of amides is 2. The van der Waals surface area contributed by atoms with E-state index in [1.165, 1.54) is 58.8 Å². The molecule has 9 heteroatoms. The van der Waals surface area contributed by atoms with Crippen LogP contribution in [0.25, 0.3) is 0 Å². The Morgan fingerprint density at radius 2 is 1.57 bits per heavy atom. The molecule has 0 aliphatic rings. The largest absolute Gasteiger partial charge is 0.349 e. The fraction of sp³-hybridized carbons (Fsp3) is 0.238. The molecule has 3 rings (SSSR count). The Labute approximate surface area is 176 Å². The number of hydrogen-bond acceptors (Lipinski definition) is 5. The number of hydrogen-bond donors (Lipinski definition) is 1. The first-order chi connectivity index (χ1) is 14.2. The molecule has 1 atom stereocenters. The number of halogens is 2. The van der Waals surface area contributed by atoms with Crippen molar-refractivity contribution in [3.63, 3.8) is 0 Å². The highest BCUT2D eigenvalue weighted by molar-refractivity contribution is 7.03. The topological polar surface area (TPSA) is 75.2 Å². The third-order valence-electron chi connectivity index (χ3n) is 4.09. The molecule has 1 N–H and O–H groups in total. The molecule has 0 spiro atoms. The van der Waals surface area contributed by atoms with Gasteiger partial charge in [-0.3, -0.25) is 14.5 Å². The summed E-state index contributed by atoms with van der Waals surface area (Å²) in [4.78, 5) is 27.8. The Balaban J connectivity index is 2.16. The molecule has 3 aromatic rings. The number of rotatable bonds is 5. The van der Waals surface area contributed by atoms with Gasteiger partial charge in [-0.2, -0.15) is 0 Å². The maximum absolute atomic E-state index is 13.5. The van der Waals surface area contributed by atoms with Gasteiger partial charge in [0.1, 0.15) is 17.7 Å². The predicted octanol–water partition coefficient (Wildman–Crippen LogP) is 4.12. The van der Waals surface area contributed by atoms with Crippen LogP contribution in [0.2, 0.25) is 0 Å². The number of anilines is 1. The smallest absolute Gasteiger partial charge is 0.280 e. The number of aromatic nitrogens is 2. The van der Waals surface area contributed by atoms with Crippen LogP contribution in [0.4, 0.5) is 14.5 Å². The minimum atomic E-state index is -1.15. The van der Waals surface area contributed by atoms with Gasteiger partial charge >= 0.3 is 0 Å². The number of nitrogens with zero attached hydrogens (tertiary/aromatic N) is 3. The van der Waals surface area contributed by atoms with Crippen LogP contribution in [-0.2, 0) is 4.79 Å². The van der Waals surface area contributed by atoms with E-state index in [2.05, 4.69) is 14.9 Å². The lowest BCUT2D eigenvalue weighted by Gasteiger charge is -2.33. The standard InChI is InChI=1S/C21H20F2N4O2S/c1-21(2,3)24-19(28)18(13-4-6-14(22)7-5-13)27(16-10-8-15(23)9-11-16)20(29)17-12-30-26-25-17/h4-12,18H,1-3H3,(H,24,28)/t18-/m0/s1. The molecule has 6 nitrogen and oxygen atoms in total.